The van der Waals surface area contributed by atoms with Crippen molar-refractivity contribution in [3.05, 3.63) is 33.1 Å². The Labute approximate surface area is 95.0 Å². The van der Waals surface area contributed by atoms with E-state index in [-0.39, 0.29) is 0 Å². The zero-order valence-corrected chi connectivity index (χ0v) is 9.00. The van der Waals surface area contributed by atoms with Gasteiger partial charge in [0.2, 0.25) is 0 Å². The van der Waals surface area contributed by atoms with E-state index in [0.717, 1.165) is 16.8 Å². The second kappa shape index (κ2) is 4.25. The number of halogens is 1. The maximum absolute atomic E-state index is 13.8. The molecular formula is C10H11FN2O4. The Hall–Kier alpha value is -1.76. The van der Waals surface area contributed by atoms with Gasteiger partial charge in [0, 0.05) is 18.2 Å². The van der Waals surface area contributed by atoms with Crippen LogP contribution in [-0.4, -0.2) is 28.1 Å². The molecule has 1 N–H and O–H groups in total. The number of H-pyrrole nitrogens is 1. The summed E-state index contributed by atoms with van der Waals surface area (Å²) in [5.74, 6) is -0.628. The number of rotatable bonds is 2. The van der Waals surface area contributed by atoms with Gasteiger partial charge in [-0.1, -0.05) is 6.92 Å². The van der Waals surface area contributed by atoms with E-state index in [9.17, 15) is 18.8 Å². The molecule has 0 aromatic carbocycles. The zero-order valence-electron chi connectivity index (χ0n) is 9.00. The Kier molecular flexibility index (Phi) is 2.93. The monoisotopic (exact) mass is 242 g/mol. The molecule has 4 atom stereocenters. The van der Waals surface area contributed by atoms with Crippen molar-refractivity contribution in [1.29, 1.82) is 0 Å². The van der Waals surface area contributed by atoms with Crippen molar-refractivity contribution < 1.29 is 13.9 Å². The highest BCUT2D eigenvalue weighted by Gasteiger charge is 2.43. The Balaban J connectivity index is 2.38. The number of nitrogens with zero attached hydrogens (tertiary/aromatic N) is 1. The first-order valence-electron chi connectivity index (χ1n) is 5.11. The number of hydrogen-bond acceptors (Lipinski definition) is 4. The summed E-state index contributed by atoms with van der Waals surface area (Å²) in [5.41, 5.74) is -1.33. The van der Waals surface area contributed by atoms with Gasteiger partial charge < -0.3 is 9.53 Å². The molecule has 2 rings (SSSR count). The molecule has 1 aliphatic heterocycles. The van der Waals surface area contributed by atoms with Gasteiger partial charge in [0.15, 0.2) is 12.4 Å². The molecule has 1 aromatic rings. The summed E-state index contributed by atoms with van der Waals surface area (Å²) in [4.78, 5) is 35.0. The van der Waals surface area contributed by atoms with Crippen LogP contribution in [0.15, 0.2) is 21.9 Å². The molecule has 7 heteroatoms. The molecule has 0 bridgehead atoms. The second-order valence-electron chi connectivity index (χ2n) is 3.95. The minimum absolute atomic E-state index is 0.508. The van der Waals surface area contributed by atoms with Crippen molar-refractivity contribution in [1.82, 2.24) is 9.55 Å². The standard InChI is InChI=1S/C10H11FN2O4/c1-5-6(4-14)17-9(8(5)11)13-3-2-7(15)12-10(13)16/h2-6,8-9H,1H3,(H,12,15,16)/t5-,6-,8-,9-/m1/s1. The van der Waals surface area contributed by atoms with Crippen LogP contribution in [0.1, 0.15) is 13.2 Å². The molecule has 0 amide bonds. The molecule has 0 spiro atoms. The van der Waals surface area contributed by atoms with E-state index in [1.54, 1.807) is 0 Å². The Morgan fingerprint density at radius 1 is 1.53 bits per heavy atom. The first-order valence-corrected chi connectivity index (χ1v) is 5.11. The number of ether oxygens (including phenoxy) is 1. The van der Waals surface area contributed by atoms with Gasteiger partial charge in [0.25, 0.3) is 5.56 Å². The van der Waals surface area contributed by atoms with Crippen LogP contribution >= 0.6 is 0 Å². The van der Waals surface area contributed by atoms with Gasteiger partial charge in [-0.25, -0.2) is 9.18 Å². The topological polar surface area (TPSA) is 81.2 Å². The summed E-state index contributed by atoms with van der Waals surface area (Å²) in [6.45, 7) is 1.53. The summed E-state index contributed by atoms with van der Waals surface area (Å²) < 4.78 is 19.9. The molecule has 17 heavy (non-hydrogen) atoms. The zero-order chi connectivity index (χ0) is 12.6. The molecule has 0 radical (unpaired) electrons. The van der Waals surface area contributed by atoms with E-state index in [1.165, 1.54) is 6.92 Å². The predicted molar refractivity (Wildman–Crippen MR) is 55.4 cm³/mol. The number of nitrogens with one attached hydrogen (secondary N) is 1. The van der Waals surface area contributed by atoms with Crippen LogP contribution in [-0.2, 0) is 9.53 Å². The van der Waals surface area contributed by atoms with E-state index in [0.29, 0.717) is 6.29 Å². The van der Waals surface area contributed by atoms with Crippen LogP contribution in [0.2, 0.25) is 0 Å². The lowest BCUT2D eigenvalue weighted by Crippen LogP contribution is -2.34. The third-order valence-electron chi connectivity index (χ3n) is 2.85. The van der Waals surface area contributed by atoms with Crippen LogP contribution in [0.5, 0.6) is 0 Å². The van der Waals surface area contributed by atoms with E-state index in [1.807, 2.05) is 4.98 Å². The molecule has 1 saturated heterocycles. The van der Waals surface area contributed by atoms with Gasteiger partial charge in [-0.2, -0.15) is 0 Å². The highest BCUT2D eigenvalue weighted by atomic mass is 19.1. The molecule has 6 nitrogen and oxygen atoms in total. The van der Waals surface area contributed by atoms with E-state index in [2.05, 4.69) is 0 Å². The highest BCUT2D eigenvalue weighted by molar-refractivity contribution is 5.57. The third kappa shape index (κ3) is 1.93. The lowest BCUT2D eigenvalue weighted by Gasteiger charge is -2.15. The number of carbonyl (C=O) groups is 1. The highest BCUT2D eigenvalue weighted by Crippen LogP contribution is 2.34. The van der Waals surface area contributed by atoms with Crippen molar-refractivity contribution >= 4 is 6.29 Å². The predicted octanol–water partition coefficient (Wildman–Crippen LogP) is -0.393. The van der Waals surface area contributed by atoms with Crippen molar-refractivity contribution in [2.45, 2.75) is 25.4 Å². The number of alkyl halides is 1. The lowest BCUT2D eigenvalue weighted by atomic mass is 10.0. The quantitative estimate of drug-likeness (QED) is 0.716. The molecule has 0 unspecified atom stereocenters. The van der Waals surface area contributed by atoms with Gasteiger partial charge in [-0.15, -0.1) is 0 Å². The van der Waals surface area contributed by atoms with Crippen molar-refractivity contribution in [2.75, 3.05) is 0 Å². The van der Waals surface area contributed by atoms with Crippen LogP contribution < -0.4 is 11.2 Å². The first-order chi connectivity index (χ1) is 8.04. The normalized spacial score (nSPS) is 32.6. The maximum Gasteiger partial charge on any atom is 0.330 e. The Morgan fingerprint density at radius 2 is 2.24 bits per heavy atom. The van der Waals surface area contributed by atoms with Gasteiger partial charge in [0.1, 0.15) is 12.4 Å². The molecule has 92 valence electrons. The van der Waals surface area contributed by atoms with Crippen LogP contribution in [0.25, 0.3) is 0 Å². The SMILES string of the molecule is C[C@H]1[C@@H](F)[C@H](n2ccc(=O)[nH]c2=O)O[C@@H]1C=O. The summed E-state index contributed by atoms with van der Waals surface area (Å²) in [6.07, 6.45) is -1.88. The number of aromatic amines is 1. The summed E-state index contributed by atoms with van der Waals surface area (Å²) in [7, 11) is 0. The Bertz CT molecular complexity index is 538. The number of aromatic nitrogens is 2. The Morgan fingerprint density at radius 3 is 2.76 bits per heavy atom. The maximum atomic E-state index is 13.8. The van der Waals surface area contributed by atoms with Crippen LogP contribution in [0.3, 0.4) is 0 Å². The van der Waals surface area contributed by atoms with Crippen molar-refractivity contribution in [3.8, 4) is 0 Å². The summed E-state index contributed by atoms with van der Waals surface area (Å²) >= 11 is 0. The molecule has 2 heterocycles. The van der Waals surface area contributed by atoms with Gasteiger partial charge in [0.05, 0.1) is 0 Å². The van der Waals surface area contributed by atoms with Gasteiger partial charge in [-0.05, 0) is 0 Å². The van der Waals surface area contributed by atoms with Crippen LogP contribution in [0, 0.1) is 5.92 Å². The minimum Gasteiger partial charge on any atom is -0.344 e. The van der Waals surface area contributed by atoms with E-state index < -0.39 is 35.7 Å². The van der Waals surface area contributed by atoms with E-state index >= 15 is 0 Å². The number of hydrogen-bond donors (Lipinski definition) is 1. The summed E-state index contributed by atoms with van der Waals surface area (Å²) in [5, 5.41) is 0. The van der Waals surface area contributed by atoms with Crippen LogP contribution in [0.4, 0.5) is 4.39 Å². The molecule has 0 saturated carbocycles. The van der Waals surface area contributed by atoms with Crippen molar-refractivity contribution in [3.63, 3.8) is 0 Å². The lowest BCUT2D eigenvalue weighted by molar-refractivity contribution is -0.121. The molecule has 1 fully saturated rings. The molecule has 0 aliphatic carbocycles. The number of aldehydes is 1. The average Bonchev–Trinajstić information content (AvgIpc) is 2.57. The molecule has 1 aliphatic rings. The molecule has 1 aromatic heterocycles. The fourth-order valence-corrected chi connectivity index (χ4v) is 1.80. The average molecular weight is 242 g/mol. The van der Waals surface area contributed by atoms with Gasteiger partial charge in [-0.3, -0.25) is 14.3 Å². The van der Waals surface area contributed by atoms with Crippen molar-refractivity contribution in [2.24, 2.45) is 5.92 Å². The fourth-order valence-electron chi connectivity index (χ4n) is 1.80. The largest absolute Gasteiger partial charge is 0.344 e. The fraction of sp³-hybridized carbons (Fsp3) is 0.500. The number of carbonyl (C=O) groups excluding carboxylic acids is 1. The summed E-state index contributed by atoms with van der Waals surface area (Å²) in [6, 6.07) is 1.09. The smallest absolute Gasteiger partial charge is 0.330 e. The second-order valence-corrected chi connectivity index (χ2v) is 3.95. The minimum atomic E-state index is -1.48. The first kappa shape index (κ1) is 11.7. The van der Waals surface area contributed by atoms with Gasteiger partial charge >= 0.3 is 5.69 Å². The van der Waals surface area contributed by atoms with E-state index in [4.69, 9.17) is 4.74 Å². The third-order valence-corrected chi connectivity index (χ3v) is 2.85. The molecular weight excluding hydrogens is 231 g/mol.